The summed E-state index contributed by atoms with van der Waals surface area (Å²) in [5.41, 5.74) is 0.571. The summed E-state index contributed by atoms with van der Waals surface area (Å²) in [6, 6.07) is 3.53. The maximum atomic E-state index is 12.5. The number of hydrogen-bond donors (Lipinski definition) is 0. The number of aromatic nitrogens is 1. The Bertz CT molecular complexity index is 540. The summed E-state index contributed by atoms with van der Waals surface area (Å²) in [7, 11) is 0. The van der Waals surface area contributed by atoms with Gasteiger partial charge in [0.05, 0.1) is 11.8 Å². The summed E-state index contributed by atoms with van der Waals surface area (Å²) >= 11 is 0. The van der Waals surface area contributed by atoms with E-state index >= 15 is 0 Å². The Morgan fingerprint density at radius 1 is 1.60 bits per heavy atom. The average molecular weight is 275 g/mol. The largest absolute Gasteiger partial charge is 0.351 e. The Hall–Kier alpha value is -1.83. The van der Waals surface area contributed by atoms with Crippen LogP contribution in [0.2, 0.25) is 0 Å². The van der Waals surface area contributed by atoms with Gasteiger partial charge in [0.25, 0.3) is 5.91 Å². The van der Waals surface area contributed by atoms with Crippen molar-refractivity contribution in [1.82, 2.24) is 10.1 Å². The summed E-state index contributed by atoms with van der Waals surface area (Å²) in [5, 5.41) is 13.3. The van der Waals surface area contributed by atoms with Gasteiger partial charge in [-0.2, -0.15) is 5.26 Å². The molecule has 1 amide bonds. The average Bonchev–Trinajstić information content (AvgIpc) is 2.86. The quantitative estimate of drug-likeness (QED) is 0.832. The highest BCUT2D eigenvalue weighted by molar-refractivity contribution is 5.92. The Kier molecular flexibility index (Phi) is 3.85. The molecule has 0 bridgehead atoms. The molecule has 1 aromatic rings. The number of piperidine rings is 1. The summed E-state index contributed by atoms with van der Waals surface area (Å²) in [5.74, 6) is 0.209. The highest BCUT2D eigenvalue weighted by atomic mass is 16.5. The smallest absolute Gasteiger partial charge is 0.293 e. The van der Waals surface area contributed by atoms with Crippen molar-refractivity contribution in [2.45, 2.75) is 52.5 Å². The van der Waals surface area contributed by atoms with Crippen molar-refractivity contribution in [3.05, 3.63) is 17.5 Å². The van der Waals surface area contributed by atoms with E-state index in [4.69, 9.17) is 4.52 Å². The lowest BCUT2D eigenvalue weighted by Gasteiger charge is -2.42. The fourth-order valence-corrected chi connectivity index (χ4v) is 2.66. The first-order chi connectivity index (χ1) is 9.36. The van der Waals surface area contributed by atoms with Crippen LogP contribution in [0.25, 0.3) is 0 Å². The number of carbonyl (C=O) groups is 1. The number of amides is 1. The first-order valence-corrected chi connectivity index (χ1v) is 7.04. The molecule has 1 fully saturated rings. The lowest BCUT2D eigenvalue weighted by molar-refractivity contribution is 0.0401. The van der Waals surface area contributed by atoms with E-state index in [0.717, 1.165) is 18.5 Å². The van der Waals surface area contributed by atoms with Gasteiger partial charge >= 0.3 is 0 Å². The number of hydrogen-bond acceptors (Lipinski definition) is 4. The van der Waals surface area contributed by atoms with Crippen LogP contribution in [-0.4, -0.2) is 28.6 Å². The van der Waals surface area contributed by atoms with Crippen LogP contribution in [0.1, 0.15) is 62.7 Å². The van der Waals surface area contributed by atoms with E-state index in [-0.39, 0.29) is 23.0 Å². The molecule has 2 heterocycles. The normalized spacial score (nSPS) is 21.8. The van der Waals surface area contributed by atoms with Crippen molar-refractivity contribution >= 4 is 5.91 Å². The van der Waals surface area contributed by atoms with Crippen molar-refractivity contribution in [3.8, 4) is 6.07 Å². The van der Waals surface area contributed by atoms with E-state index in [1.54, 1.807) is 11.0 Å². The maximum absolute atomic E-state index is 12.5. The monoisotopic (exact) mass is 275 g/mol. The zero-order chi connectivity index (χ0) is 14.9. The van der Waals surface area contributed by atoms with E-state index < -0.39 is 6.04 Å². The van der Waals surface area contributed by atoms with E-state index in [1.807, 2.05) is 27.7 Å². The molecule has 0 saturated carbocycles. The zero-order valence-electron chi connectivity index (χ0n) is 12.5. The minimum Gasteiger partial charge on any atom is -0.351 e. The second-order valence-corrected chi connectivity index (χ2v) is 6.39. The Morgan fingerprint density at radius 2 is 2.30 bits per heavy atom. The number of nitriles is 1. The second-order valence-electron chi connectivity index (χ2n) is 6.39. The molecular formula is C15H21N3O2. The minimum absolute atomic E-state index is 0.191. The zero-order valence-corrected chi connectivity index (χ0v) is 12.5. The molecule has 0 unspecified atom stereocenters. The summed E-state index contributed by atoms with van der Waals surface area (Å²) in [4.78, 5) is 14.2. The maximum Gasteiger partial charge on any atom is 0.293 e. The topological polar surface area (TPSA) is 70.1 Å². The fraction of sp³-hybridized carbons (Fsp3) is 0.667. The van der Waals surface area contributed by atoms with Gasteiger partial charge in [-0.05, 0) is 24.2 Å². The number of carbonyl (C=O) groups excluding carboxylic acids is 1. The standard InChI is InChI=1S/C15H21N3O2/c1-10(2)11-8-12(20-17-11)14(19)18-7-5-6-15(3,4)13(18)9-16/h8,10,13H,5-7H2,1-4H3/t13-/m1/s1. The number of likely N-dealkylation sites (tertiary alicyclic amines) is 1. The predicted molar refractivity (Wildman–Crippen MR) is 74.0 cm³/mol. The van der Waals surface area contributed by atoms with Gasteiger partial charge in [-0.15, -0.1) is 0 Å². The molecule has 0 aromatic carbocycles. The van der Waals surface area contributed by atoms with Crippen molar-refractivity contribution in [3.63, 3.8) is 0 Å². The third-order valence-corrected chi connectivity index (χ3v) is 3.99. The first kappa shape index (κ1) is 14.6. The molecule has 2 rings (SSSR count). The van der Waals surface area contributed by atoms with Gasteiger partial charge in [0.1, 0.15) is 6.04 Å². The van der Waals surface area contributed by atoms with Crippen molar-refractivity contribution in [1.29, 1.82) is 5.26 Å². The lowest BCUT2D eigenvalue weighted by Crippen LogP contribution is -2.51. The van der Waals surface area contributed by atoms with Crippen molar-refractivity contribution in [2.75, 3.05) is 6.54 Å². The molecule has 1 aliphatic rings. The fourth-order valence-electron chi connectivity index (χ4n) is 2.66. The van der Waals surface area contributed by atoms with Crippen LogP contribution in [0, 0.1) is 16.7 Å². The van der Waals surface area contributed by atoms with Crippen LogP contribution in [0.5, 0.6) is 0 Å². The van der Waals surface area contributed by atoms with Crippen LogP contribution in [0.4, 0.5) is 0 Å². The highest BCUT2D eigenvalue weighted by Gasteiger charge is 2.41. The van der Waals surface area contributed by atoms with E-state index in [1.165, 1.54) is 0 Å². The summed E-state index contributed by atoms with van der Waals surface area (Å²) in [6.45, 7) is 8.64. The van der Waals surface area contributed by atoms with Gasteiger partial charge < -0.3 is 9.42 Å². The molecule has 1 saturated heterocycles. The SMILES string of the molecule is CC(C)c1cc(C(=O)N2CCCC(C)(C)[C@H]2C#N)on1. The van der Waals surface area contributed by atoms with Crippen molar-refractivity contribution in [2.24, 2.45) is 5.41 Å². The molecular weight excluding hydrogens is 254 g/mol. The summed E-state index contributed by atoms with van der Waals surface area (Å²) < 4.78 is 5.15. The van der Waals surface area contributed by atoms with Gasteiger partial charge in [0.2, 0.25) is 5.76 Å². The van der Waals surface area contributed by atoms with Gasteiger partial charge in [0.15, 0.2) is 0 Å². The number of rotatable bonds is 2. The lowest BCUT2D eigenvalue weighted by atomic mass is 9.77. The molecule has 0 aliphatic carbocycles. The van der Waals surface area contributed by atoms with Crippen LogP contribution in [0.3, 0.4) is 0 Å². The molecule has 20 heavy (non-hydrogen) atoms. The molecule has 108 valence electrons. The van der Waals surface area contributed by atoms with Gasteiger partial charge in [0, 0.05) is 12.6 Å². The second kappa shape index (κ2) is 5.28. The Labute approximate surface area is 119 Å². The number of nitrogens with zero attached hydrogens (tertiary/aromatic N) is 3. The predicted octanol–water partition coefficient (Wildman–Crippen LogP) is 2.95. The van der Waals surface area contributed by atoms with Crippen LogP contribution in [0.15, 0.2) is 10.6 Å². The molecule has 0 radical (unpaired) electrons. The Morgan fingerprint density at radius 3 is 2.85 bits per heavy atom. The van der Waals surface area contributed by atoms with E-state index in [9.17, 15) is 10.1 Å². The van der Waals surface area contributed by atoms with Gasteiger partial charge in [-0.1, -0.05) is 32.9 Å². The molecule has 0 N–H and O–H groups in total. The third kappa shape index (κ3) is 2.55. The van der Waals surface area contributed by atoms with E-state index in [0.29, 0.717) is 6.54 Å². The molecule has 5 nitrogen and oxygen atoms in total. The molecule has 1 aliphatic heterocycles. The van der Waals surface area contributed by atoms with Gasteiger partial charge in [-0.25, -0.2) is 0 Å². The third-order valence-electron chi connectivity index (χ3n) is 3.99. The van der Waals surface area contributed by atoms with E-state index in [2.05, 4.69) is 11.2 Å². The van der Waals surface area contributed by atoms with Crippen LogP contribution in [-0.2, 0) is 0 Å². The summed E-state index contributed by atoms with van der Waals surface area (Å²) in [6.07, 6.45) is 1.85. The molecule has 1 aromatic heterocycles. The molecule has 1 atom stereocenters. The first-order valence-electron chi connectivity index (χ1n) is 7.04. The molecule has 0 spiro atoms. The van der Waals surface area contributed by atoms with Crippen LogP contribution >= 0.6 is 0 Å². The van der Waals surface area contributed by atoms with Crippen LogP contribution < -0.4 is 0 Å². The highest BCUT2D eigenvalue weighted by Crippen LogP contribution is 2.35. The van der Waals surface area contributed by atoms with Gasteiger partial charge in [-0.3, -0.25) is 4.79 Å². The minimum atomic E-state index is -0.420. The molecule has 5 heteroatoms. The Balaban J connectivity index is 2.25. The van der Waals surface area contributed by atoms with Crippen molar-refractivity contribution < 1.29 is 9.32 Å².